The van der Waals surface area contributed by atoms with Crippen LogP contribution in [0.3, 0.4) is 0 Å². The van der Waals surface area contributed by atoms with E-state index in [2.05, 4.69) is 4.98 Å². The molecule has 1 amide bonds. The summed E-state index contributed by atoms with van der Waals surface area (Å²) in [5.41, 5.74) is -0.515. The minimum atomic E-state index is -4.64. The highest BCUT2D eigenvalue weighted by Crippen LogP contribution is 2.39. The van der Waals surface area contributed by atoms with E-state index in [1.807, 2.05) is 0 Å². The van der Waals surface area contributed by atoms with Gasteiger partial charge >= 0.3 is 6.18 Å². The number of para-hydroxylation sites is 1. The maximum Gasteiger partial charge on any atom is 0.416 e. The second-order valence-electron chi connectivity index (χ2n) is 9.24. The SMILES string of the molecule is CC(C)(C1CCN(C(=O)c2ccc3cccc(O)c3n2)CC1)S(=O)(=O)c1cccc(C(F)(F)F)c1. The number of halogens is 3. The molecule has 4 rings (SSSR count). The molecule has 10 heteroatoms. The Kier molecular flexibility index (Phi) is 6.29. The highest BCUT2D eigenvalue weighted by molar-refractivity contribution is 7.92. The maximum atomic E-state index is 13.3. The summed E-state index contributed by atoms with van der Waals surface area (Å²) in [6, 6.07) is 12.0. The standard InChI is InChI=1S/C25H25F3N2O4S/c1-24(2,35(33,34)19-7-4-6-18(15-19)25(26,27)28)17-11-13-30(14-12-17)23(32)20-10-9-16-5-3-8-21(31)22(16)29-20/h3-10,15,17,31H,11-14H2,1-2H3. The molecule has 0 aliphatic carbocycles. The van der Waals surface area contributed by atoms with Gasteiger partial charge in [-0.05, 0) is 62.9 Å². The average molecular weight is 507 g/mol. The number of hydrogen-bond donors (Lipinski definition) is 1. The summed E-state index contributed by atoms with van der Waals surface area (Å²) in [5, 5.41) is 10.7. The van der Waals surface area contributed by atoms with E-state index >= 15 is 0 Å². The molecule has 1 aliphatic heterocycles. The van der Waals surface area contributed by atoms with Gasteiger partial charge in [-0.2, -0.15) is 13.2 Å². The van der Waals surface area contributed by atoms with E-state index in [0.717, 1.165) is 12.1 Å². The number of fused-ring (bicyclic) bond motifs is 1. The number of nitrogens with zero attached hydrogens (tertiary/aromatic N) is 2. The third kappa shape index (κ3) is 4.59. The summed E-state index contributed by atoms with van der Waals surface area (Å²) in [4.78, 5) is 18.5. The van der Waals surface area contributed by atoms with Crippen LogP contribution in [-0.2, 0) is 16.0 Å². The van der Waals surface area contributed by atoms with Crippen molar-refractivity contribution < 1.29 is 31.5 Å². The minimum Gasteiger partial charge on any atom is -0.506 e. The summed E-state index contributed by atoms with van der Waals surface area (Å²) in [7, 11) is -4.08. The van der Waals surface area contributed by atoms with Gasteiger partial charge in [0.1, 0.15) is 17.0 Å². The first kappa shape index (κ1) is 25.0. The molecule has 0 spiro atoms. The molecule has 1 N–H and O–H groups in total. The van der Waals surface area contributed by atoms with Gasteiger partial charge in [-0.25, -0.2) is 13.4 Å². The van der Waals surface area contributed by atoms with E-state index in [4.69, 9.17) is 0 Å². The first-order chi connectivity index (χ1) is 16.3. The van der Waals surface area contributed by atoms with Gasteiger partial charge in [0, 0.05) is 18.5 Å². The minimum absolute atomic E-state index is 0.0302. The first-order valence-corrected chi connectivity index (χ1v) is 12.6. The molecule has 1 aliphatic rings. The van der Waals surface area contributed by atoms with Crippen molar-refractivity contribution in [3.63, 3.8) is 0 Å². The van der Waals surface area contributed by atoms with Crippen molar-refractivity contribution in [3.8, 4) is 5.75 Å². The number of likely N-dealkylation sites (tertiary alicyclic amines) is 1. The molecule has 0 saturated carbocycles. The van der Waals surface area contributed by atoms with Gasteiger partial charge in [0.25, 0.3) is 5.91 Å². The molecule has 0 unspecified atom stereocenters. The summed E-state index contributed by atoms with van der Waals surface area (Å²) in [6.07, 6.45) is -3.90. The third-order valence-electron chi connectivity index (χ3n) is 6.85. The van der Waals surface area contributed by atoms with Crippen LogP contribution in [0.1, 0.15) is 42.7 Å². The van der Waals surface area contributed by atoms with Crippen molar-refractivity contribution in [1.82, 2.24) is 9.88 Å². The third-order valence-corrected chi connectivity index (χ3v) is 9.44. The van der Waals surface area contributed by atoms with Crippen molar-refractivity contribution in [2.75, 3.05) is 13.1 Å². The topological polar surface area (TPSA) is 87.6 Å². The molecule has 35 heavy (non-hydrogen) atoms. The number of alkyl halides is 3. The van der Waals surface area contributed by atoms with Gasteiger partial charge in [-0.3, -0.25) is 4.79 Å². The van der Waals surface area contributed by atoms with E-state index in [1.165, 1.54) is 26.0 Å². The Bertz CT molecular complexity index is 1380. The van der Waals surface area contributed by atoms with Crippen molar-refractivity contribution in [1.29, 1.82) is 0 Å². The zero-order chi connectivity index (χ0) is 25.6. The second kappa shape index (κ2) is 8.82. The number of amides is 1. The predicted molar refractivity (Wildman–Crippen MR) is 125 cm³/mol. The fourth-order valence-corrected chi connectivity index (χ4v) is 6.37. The Labute approximate surface area is 201 Å². The molecule has 1 aromatic heterocycles. The van der Waals surface area contributed by atoms with E-state index in [1.54, 1.807) is 29.2 Å². The Morgan fingerprint density at radius 3 is 2.34 bits per heavy atom. The average Bonchev–Trinajstić information content (AvgIpc) is 2.83. The van der Waals surface area contributed by atoms with Crippen LogP contribution in [-0.4, -0.2) is 47.2 Å². The molecular formula is C25H25F3N2O4S. The molecule has 3 aromatic rings. The van der Waals surface area contributed by atoms with Crippen molar-refractivity contribution in [2.45, 2.75) is 42.5 Å². The van der Waals surface area contributed by atoms with Crippen LogP contribution in [0.5, 0.6) is 5.75 Å². The Hall–Kier alpha value is -3.14. The van der Waals surface area contributed by atoms with Crippen LogP contribution in [0.15, 0.2) is 59.5 Å². The van der Waals surface area contributed by atoms with Gasteiger partial charge in [0.2, 0.25) is 0 Å². The largest absolute Gasteiger partial charge is 0.506 e. The number of pyridine rings is 1. The highest BCUT2D eigenvalue weighted by Gasteiger charge is 2.45. The Morgan fingerprint density at radius 1 is 1.03 bits per heavy atom. The van der Waals surface area contributed by atoms with E-state index < -0.39 is 26.3 Å². The first-order valence-electron chi connectivity index (χ1n) is 11.1. The molecule has 1 saturated heterocycles. The lowest BCUT2D eigenvalue weighted by atomic mass is 9.85. The quantitative estimate of drug-likeness (QED) is 0.534. The van der Waals surface area contributed by atoms with Crippen LogP contribution in [0, 0.1) is 5.92 Å². The normalized spacial score (nSPS) is 16.0. The monoisotopic (exact) mass is 506 g/mol. The number of phenolic OH excluding ortho intramolecular Hbond substituents is 1. The van der Waals surface area contributed by atoms with Gasteiger partial charge in [-0.15, -0.1) is 0 Å². The number of benzene rings is 2. The maximum absolute atomic E-state index is 13.3. The fraction of sp³-hybridized carbons (Fsp3) is 0.360. The summed E-state index contributed by atoms with van der Waals surface area (Å²) >= 11 is 0. The number of piperidine rings is 1. The highest BCUT2D eigenvalue weighted by atomic mass is 32.2. The summed E-state index contributed by atoms with van der Waals surface area (Å²) < 4.78 is 64.7. The molecule has 0 atom stereocenters. The van der Waals surface area contributed by atoms with Crippen molar-refractivity contribution in [3.05, 3.63) is 65.9 Å². The van der Waals surface area contributed by atoms with Crippen LogP contribution in [0.4, 0.5) is 13.2 Å². The van der Waals surface area contributed by atoms with Gasteiger partial charge in [0.15, 0.2) is 9.84 Å². The number of carbonyl (C=O) groups excluding carboxylic acids is 1. The van der Waals surface area contributed by atoms with Crippen molar-refractivity contribution >= 4 is 26.6 Å². The van der Waals surface area contributed by atoms with E-state index in [-0.39, 0.29) is 41.3 Å². The Morgan fingerprint density at radius 2 is 1.69 bits per heavy atom. The van der Waals surface area contributed by atoms with Crippen LogP contribution >= 0.6 is 0 Å². The molecule has 0 radical (unpaired) electrons. The predicted octanol–water partition coefficient (Wildman–Crippen LogP) is 5.06. The van der Waals surface area contributed by atoms with Gasteiger partial charge in [-0.1, -0.05) is 24.3 Å². The smallest absolute Gasteiger partial charge is 0.416 e. The zero-order valence-corrected chi connectivity index (χ0v) is 20.0. The number of aromatic nitrogens is 1. The number of rotatable bonds is 4. The van der Waals surface area contributed by atoms with E-state index in [9.17, 15) is 31.5 Å². The lowest BCUT2D eigenvalue weighted by Gasteiger charge is -2.40. The number of carbonyl (C=O) groups is 1. The molecular weight excluding hydrogens is 481 g/mol. The lowest BCUT2D eigenvalue weighted by Crippen LogP contribution is -2.47. The molecule has 6 nitrogen and oxygen atoms in total. The number of phenols is 1. The van der Waals surface area contributed by atoms with Gasteiger partial charge in [0.05, 0.1) is 15.2 Å². The van der Waals surface area contributed by atoms with Gasteiger partial charge < -0.3 is 10.0 Å². The zero-order valence-electron chi connectivity index (χ0n) is 19.2. The number of sulfone groups is 1. The molecule has 2 heterocycles. The van der Waals surface area contributed by atoms with Crippen LogP contribution in [0.2, 0.25) is 0 Å². The number of hydrogen-bond acceptors (Lipinski definition) is 5. The van der Waals surface area contributed by atoms with E-state index in [0.29, 0.717) is 29.8 Å². The molecule has 1 fully saturated rings. The number of aromatic hydroxyl groups is 1. The van der Waals surface area contributed by atoms with Crippen LogP contribution < -0.4 is 0 Å². The lowest BCUT2D eigenvalue weighted by molar-refractivity contribution is -0.137. The fourth-order valence-electron chi connectivity index (χ4n) is 4.55. The molecule has 0 bridgehead atoms. The second-order valence-corrected chi connectivity index (χ2v) is 11.8. The summed E-state index contributed by atoms with van der Waals surface area (Å²) in [6.45, 7) is 3.62. The summed E-state index contributed by atoms with van der Waals surface area (Å²) in [5.74, 6) is -0.718. The van der Waals surface area contributed by atoms with Crippen LogP contribution in [0.25, 0.3) is 10.9 Å². The molecule has 186 valence electrons. The van der Waals surface area contributed by atoms with Crippen molar-refractivity contribution in [2.24, 2.45) is 5.92 Å². The Balaban J connectivity index is 1.51. The molecule has 2 aromatic carbocycles.